The summed E-state index contributed by atoms with van der Waals surface area (Å²) in [6.07, 6.45) is -43.7. The van der Waals surface area contributed by atoms with E-state index in [4.69, 9.17) is 57.8 Å². The average Bonchev–Trinajstić information content (AvgIpc) is 3.43. The standard InChI is InChI=1S/C43H74N4O31S/c1-11-25(54)34(76-40-21(44)28(57)27(56)16(6-48)71-40)17(7-49)72-39(11)75-35-18(8-50)73-41(23(30(35)59)46-14(4)52)78-37-20(10-68-79(64,65)66)74-42(24(31(37)60)47-15(5)53)77-36-19(70-38(63)22(29(36)58)45-13(3)51)9-67-43-33(62)32(61)26(55)12(2)69-43/h11-12,16-43,48-50,54-63H,6-10,44H2,1-5H3,(H,45,51)(H,46,52)(H,47,53)(H,64,65,66). The zero-order chi connectivity index (χ0) is 58.7. The van der Waals surface area contributed by atoms with Crippen molar-refractivity contribution in [3.05, 3.63) is 0 Å². The molecule has 30 atom stereocenters. The Hall–Kier alpha value is -2.72. The molecule has 0 radical (unpaired) electrons. The molecular formula is C43H74N4O31S. The summed E-state index contributed by atoms with van der Waals surface area (Å²) in [6.45, 7) is 1.03. The van der Waals surface area contributed by atoms with Crippen LogP contribution in [0.4, 0.5) is 0 Å². The van der Waals surface area contributed by atoms with Crippen molar-refractivity contribution in [2.75, 3.05) is 33.0 Å². The third-order valence-electron chi connectivity index (χ3n) is 14.2. The molecule has 6 aliphatic rings. The van der Waals surface area contributed by atoms with Gasteiger partial charge >= 0.3 is 10.4 Å². The predicted octanol–water partition coefficient (Wildman–Crippen LogP) is -11.6. The van der Waals surface area contributed by atoms with Crippen molar-refractivity contribution in [3.8, 4) is 0 Å². The van der Waals surface area contributed by atoms with Crippen molar-refractivity contribution in [2.24, 2.45) is 11.7 Å². The summed E-state index contributed by atoms with van der Waals surface area (Å²) in [5, 5.41) is 148. The second kappa shape index (κ2) is 27.8. The first-order valence-electron chi connectivity index (χ1n) is 25.0. The van der Waals surface area contributed by atoms with E-state index in [0.717, 1.165) is 20.8 Å². The third kappa shape index (κ3) is 15.4. The Morgan fingerprint density at radius 1 is 0.468 bits per heavy atom. The number of nitrogens with one attached hydrogen (secondary N) is 3. The Morgan fingerprint density at radius 2 is 0.886 bits per heavy atom. The lowest BCUT2D eigenvalue weighted by molar-refractivity contribution is -0.371. The number of nitrogens with two attached hydrogens (primary N) is 1. The van der Waals surface area contributed by atoms with Crippen LogP contribution < -0.4 is 21.7 Å². The van der Waals surface area contributed by atoms with Gasteiger partial charge < -0.3 is 140 Å². The van der Waals surface area contributed by atoms with Crippen LogP contribution in [0, 0.1) is 5.92 Å². The van der Waals surface area contributed by atoms with Crippen LogP contribution in [0.15, 0.2) is 0 Å². The fraction of sp³-hybridized carbons (Fsp3) is 0.930. The largest absolute Gasteiger partial charge is 0.397 e. The highest BCUT2D eigenvalue weighted by Crippen LogP contribution is 2.37. The lowest BCUT2D eigenvalue weighted by atomic mass is 9.91. The first kappa shape index (κ1) is 65.4. The fourth-order valence-electron chi connectivity index (χ4n) is 9.96. The van der Waals surface area contributed by atoms with Crippen molar-refractivity contribution in [3.63, 3.8) is 0 Å². The molecule has 0 aromatic heterocycles. The second-order valence-corrected chi connectivity index (χ2v) is 21.1. The number of amides is 3. The molecule has 6 heterocycles. The van der Waals surface area contributed by atoms with Crippen LogP contribution in [0.3, 0.4) is 0 Å². The highest BCUT2D eigenvalue weighted by atomic mass is 32.3. The van der Waals surface area contributed by atoms with Gasteiger partial charge in [0.2, 0.25) is 17.7 Å². The summed E-state index contributed by atoms with van der Waals surface area (Å²) in [6, 6.07) is -6.77. The van der Waals surface area contributed by atoms with E-state index in [-0.39, 0.29) is 0 Å². The molecule has 6 rings (SSSR count). The van der Waals surface area contributed by atoms with Crippen molar-refractivity contribution >= 4 is 28.1 Å². The van der Waals surface area contributed by atoms with Gasteiger partial charge in [-0.05, 0) is 6.92 Å². The van der Waals surface area contributed by atoms with Gasteiger partial charge in [0.1, 0.15) is 122 Å². The number of rotatable bonds is 20. The highest BCUT2D eigenvalue weighted by molar-refractivity contribution is 7.80. The van der Waals surface area contributed by atoms with Gasteiger partial charge in [-0.15, -0.1) is 0 Å². The number of ether oxygens (including phenoxy) is 11. The Kier molecular flexibility index (Phi) is 23.0. The molecule has 0 bridgehead atoms. The van der Waals surface area contributed by atoms with Crippen molar-refractivity contribution in [1.82, 2.24) is 16.0 Å². The SMILES string of the molecule is CC(=O)NC1C(O)OC(COC2OC(C)C(O)C(O)C2O)C(OC2OC(COS(=O)(=O)O)C(OC3OC(CO)C(OC4OC(CO)C(OC5OC(CO)C(O)C(O)C5N)C(O)C4C)C(O)C3NC(C)=O)C(O)C2NC(C)=O)C1O. The topological polar surface area (TPSA) is 541 Å². The zero-order valence-electron chi connectivity index (χ0n) is 43.0. The Labute approximate surface area is 450 Å². The van der Waals surface area contributed by atoms with Crippen LogP contribution in [0.1, 0.15) is 34.6 Å². The monoisotopic (exact) mass is 1170 g/mol. The lowest BCUT2D eigenvalue weighted by Crippen LogP contribution is -2.71. The van der Waals surface area contributed by atoms with E-state index in [1.165, 1.54) is 13.8 Å². The number of carbonyl (C=O) groups is 3. The summed E-state index contributed by atoms with van der Waals surface area (Å²) in [5.74, 6) is -3.71. The number of carbonyl (C=O) groups excluding carboxylic acids is 3. The first-order chi connectivity index (χ1) is 37.0. The third-order valence-corrected chi connectivity index (χ3v) is 14.6. The van der Waals surface area contributed by atoms with Gasteiger partial charge in [0.15, 0.2) is 37.7 Å². The summed E-state index contributed by atoms with van der Waals surface area (Å²) in [5.41, 5.74) is 6.02. The minimum Gasteiger partial charge on any atom is -0.394 e. The van der Waals surface area contributed by atoms with Crippen LogP contribution in [0.25, 0.3) is 0 Å². The molecule has 6 saturated heterocycles. The van der Waals surface area contributed by atoms with Gasteiger partial charge in [-0.1, -0.05) is 6.92 Å². The molecule has 0 aromatic rings. The van der Waals surface area contributed by atoms with Gasteiger partial charge in [-0.3, -0.25) is 18.9 Å². The molecule has 35 nitrogen and oxygen atoms in total. The smallest absolute Gasteiger partial charge is 0.394 e. The van der Waals surface area contributed by atoms with Crippen molar-refractivity contribution in [1.29, 1.82) is 0 Å². The summed E-state index contributed by atoms with van der Waals surface area (Å²) in [7, 11) is -5.37. The van der Waals surface area contributed by atoms with Gasteiger partial charge in [-0.25, -0.2) is 4.18 Å². The van der Waals surface area contributed by atoms with Crippen LogP contribution in [0.5, 0.6) is 0 Å². The van der Waals surface area contributed by atoms with Gasteiger partial charge in [0, 0.05) is 26.7 Å². The molecule has 0 aliphatic carbocycles. The molecule has 0 spiro atoms. The number of hydrogen-bond donors (Lipinski definition) is 18. The summed E-state index contributed by atoms with van der Waals surface area (Å²) in [4.78, 5) is 37.8. The second-order valence-electron chi connectivity index (χ2n) is 20.0. The molecule has 3 amide bonds. The van der Waals surface area contributed by atoms with Gasteiger partial charge in [-0.2, -0.15) is 8.42 Å². The van der Waals surface area contributed by atoms with E-state index in [1.54, 1.807) is 0 Å². The molecular weight excluding hydrogens is 1100 g/mol. The highest BCUT2D eigenvalue weighted by Gasteiger charge is 2.57. The van der Waals surface area contributed by atoms with E-state index >= 15 is 0 Å². The predicted molar refractivity (Wildman–Crippen MR) is 248 cm³/mol. The molecule has 0 aromatic carbocycles. The van der Waals surface area contributed by atoms with Gasteiger partial charge in [0.05, 0.1) is 51.3 Å². The maximum Gasteiger partial charge on any atom is 0.397 e. The fourth-order valence-corrected chi connectivity index (χ4v) is 10.3. The molecule has 6 aliphatic heterocycles. The van der Waals surface area contributed by atoms with E-state index in [0.29, 0.717) is 0 Å². The van der Waals surface area contributed by atoms with Crippen LogP contribution in [-0.2, 0) is 81.1 Å². The summed E-state index contributed by atoms with van der Waals surface area (Å²) >= 11 is 0. The van der Waals surface area contributed by atoms with E-state index in [2.05, 4.69) is 20.1 Å². The molecule has 36 heteroatoms. The number of hydrogen-bond acceptors (Lipinski definition) is 31. The van der Waals surface area contributed by atoms with E-state index in [1.807, 2.05) is 0 Å². The van der Waals surface area contributed by atoms with E-state index in [9.17, 15) is 93.7 Å². The Morgan fingerprint density at radius 3 is 1.39 bits per heavy atom. The molecule has 458 valence electrons. The van der Waals surface area contributed by atoms with Crippen LogP contribution in [0.2, 0.25) is 0 Å². The van der Waals surface area contributed by atoms with Gasteiger partial charge in [0.25, 0.3) is 0 Å². The quantitative estimate of drug-likeness (QED) is 0.0503. The van der Waals surface area contributed by atoms with Crippen molar-refractivity contribution in [2.45, 2.75) is 213 Å². The summed E-state index contributed by atoms with van der Waals surface area (Å²) < 4.78 is 103. The minimum absolute atomic E-state index is 0.762. The maximum atomic E-state index is 12.8. The molecule has 79 heavy (non-hydrogen) atoms. The van der Waals surface area contributed by atoms with Crippen molar-refractivity contribution < 1.29 is 150 Å². The van der Waals surface area contributed by atoms with Crippen LogP contribution >= 0.6 is 0 Å². The first-order valence-corrected chi connectivity index (χ1v) is 26.4. The molecule has 19 N–H and O–H groups in total. The average molecular weight is 1180 g/mol. The number of aliphatic hydroxyl groups excluding tert-OH is 13. The Balaban J connectivity index is 1.25. The van der Waals surface area contributed by atoms with E-state index < -0.39 is 245 Å². The minimum atomic E-state index is -5.37. The molecule has 30 unspecified atom stereocenters. The Bertz CT molecular complexity index is 2110. The lowest BCUT2D eigenvalue weighted by Gasteiger charge is -2.51. The molecule has 6 fully saturated rings. The number of aliphatic hydroxyl groups is 13. The zero-order valence-corrected chi connectivity index (χ0v) is 43.9. The normalized spacial score (nSPS) is 47.0. The van der Waals surface area contributed by atoms with Crippen LogP contribution in [-0.4, -0.2) is 308 Å². The molecule has 0 saturated carbocycles. The maximum absolute atomic E-state index is 12.8.